The maximum absolute atomic E-state index is 3.68. The second-order valence-electron chi connectivity index (χ2n) is 5.53. The molecule has 82 valence electrons. The van der Waals surface area contributed by atoms with Crippen LogP contribution in [0.4, 0.5) is 0 Å². The Morgan fingerprint density at radius 1 is 1.14 bits per heavy atom. The summed E-state index contributed by atoms with van der Waals surface area (Å²) in [5.41, 5.74) is 0. The topological polar surface area (TPSA) is 12.0 Å². The van der Waals surface area contributed by atoms with Gasteiger partial charge in [0.25, 0.3) is 0 Å². The Kier molecular flexibility index (Phi) is 3.48. The lowest BCUT2D eigenvalue weighted by atomic mass is 9.69. The molecule has 0 bridgehead atoms. The Morgan fingerprint density at radius 2 is 1.86 bits per heavy atom. The van der Waals surface area contributed by atoms with Crippen LogP contribution in [0.5, 0.6) is 0 Å². The van der Waals surface area contributed by atoms with E-state index in [2.05, 4.69) is 19.2 Å². The molecule has 2 aliphatic rings. The average Bonchev–Trinajstić information content (AvgIpc) is 2.96. The minimum Gasteiger partial charge on any atom is -0.314 e. The van der Waals surface area contributed by atoms with Crippen LogP contribution in [0.2, 0.25) is 0 Å². The van der Waals surface area contributed by atoms with Crippen LogP contribution in [0.1, 0.15) is 52.4 Å². The largest absolute Gasteiger partial charge is 0.314 e. The van der Waals surface area contributed by atoms with Gasteiger partial charge in [-0.2, -0.15) is 0 Å². The lowest BCUT2D eigenvalue weighted by Crippen LogP contribution is -2.36. The number of hydrogen-bond acceptors (Lipinski definition) is 1. The van der Waals surface area contributed by atoms with Gasteiger partial charge in [0.05, 0.1) is 0 Å². The molecule has 0 aliphatic heterocycles. The summed E-state index contributed by atoms with van der Waals surface area (Å²) >= 11 is 0. The van der Waals surface area contributed by atoms with Crippen LogP contribution in [0.3, 0.4) is 0 Å². The molecule has 2 fully saturated rings. The minimum absolute atomic E-state index is 0.903. The van der Waals surface area contributed by atoms with Crippen molar-refractivity contribution in [1.82, 2.24) is 5.32 Å². The van der Waals surface area contributed by atoms with E-state index in [0.29, 0.717) is 0 Å². The van der Waals surface area contributed by atoms with Gasteiger partial charge >= 0.3 is 0 Å². The Bertz CT molecular complexity index is 174. The Balaban J connectivity index is 1.61. The molecule has 3 unspecified atom stereocenters. The maximum Gasteiger partial charge on any atom is 0.00683 e. The van der Waals surface area contributed by atoms with Gasteiger partial charge in [-0.3, -0.25) is 0 Å². The molecule has 0 spiro atoms. The molecule has 2 rings (SSSR count). The summed E-state index contributed by atoms with van der Waals surface area (Å²) in [6, 6.07) is 0.903. The van der Waals surface area contributed by atoms with Crippen molar-refractivity contribution in [2.24, 2.45) is 17.8 Å². The number of rotatable bonds is 6. The fourth-order valence-electron chi connectivity index (χ4n) is 2.51. The van der Waals surface area contributed by atoms with Crippen LogP contribution in [0, 0.1) is 17.8 Å². The first-order valence-corrected chi connectivity index (χ1v) is 6.53. The SMILES string of the molecule is CCC(C)CC1CCC1CNC1CC1. The molecule has 2 saturated carbocycles. The Hall–Kier alpha value is -0.0400. The highest BCUT2D eigenvalue weighted by atomic mass is 14.9. The molecule has 0 aromatic carbocycles. The summed E-state index contributed by atoms with van der Waals surface area (Å²) in [6.45, 7) is 6.04. The predicted molar refractivity (Wildman–Crippen MR) is 61.3 cm³/mol. The van der Waals surface area contributed by atoms with Crippen molar-refractivity contribution in [2.75, 3.05) is 6.54 Å². The van der Waals surface area contributed by atoms with Crippen LogP contribution in [-0.2, 0) is 0 Å². The maximum atomic E-state index is 3.68. The molecule has 1 nitrogen and oxygen atoms in total. The summed E-state index contributed by atoms with van der Waals surface area (Å²) in [5, 5.41) is 3.68. The van der Waals surface area contributed by atoms with E-state index in [1.165, 1.54) is 45.1 Å². The highest BCUT2D eigenvalue weighted by Gasteiger charge is 2.32. The third-order valence-electron chi connectivity index (χ3n) is 4.22. The fourth-order valence-corrected chi connectivity index (χ4v) is 2.51. The third-order valence-corrected chi connectivity index (χ3v) is 4.22. The van der Waals surface area contributed by atoms with Gasteiger partial charge in [-0.1, -0.05) is 20.3 Å². The second kappa shape index (κ2) is 4.65. The molecule has 2 aliphatic carbocycles. The fraction of sp³-hybridized carbons (Fsp3) is 1.00. The van der Waals surface area contributed by atoms with E-state index in [0.717, 1.165) is 23.8 Å². The van der Waals surface area contributed by atoms with Gasteiger partial charge in [-0.25, -0.2) is 0 Å². The zero-order valence-corrected chi connectivity index (χ0v) is 9.76. The summed E-state index contributed by atoms with van der Waals surface area (Å²) in [5.74, 6) is 3.02. The second-order valence-corrected chi connectivity index (χ2v) is 5.53. The summed E-state index contributed by atoms with van der Waals surface area (Å²) < 4.78 is 0. The van der Waals surface area contributed by atoms with E-state index in [1.807, 2.05) is 0 Å². The van der Waals surface area contributed by atoms with Gasteiger partial charge in [-0.05, 0) is 56.4 Å². The van der Waals surface area contributed by atoms with Gasteiger partial charge in [0.1, 0.15) is 0 Å². The van der Waals surface area contributed by atoms with E-state index in [-0.39, 0.29) is 0 Å². The molecule has 3 atom stereocenters. The molecule has 0 saturated heterocycles. The monoisotopic (exact) mass is 195 g/mol. The summed E-state index contributed by atoms with van der Waals surface area (Å²) in [6.07, 6.45) is 8.69. The van der Waals surface area contributed by atoms with Gasteiger partial charge in [0.15, 0.2) is 0 Å². The van der Waals surface area contributed by atoms with Crippen molar-refractivity contribution in [1.29, 1.82) is 0 Å². The molecule has 0 aromatic heterocycles. The summed E-state index contributed by atoms with van der Waals surface area (Å²) in [7, 11) is 0. The quantitative estimate of drug-likeness (QED) is 0.686. The smallest absolute Gasteiger partial charge is 0.00683 e. The first kappa shape index (κ1) is 10.5. The Labute approximate surface area is 88.7 Å². The Morgan fingerprint density at radius 3 is 2.36 bits per heavy atom. The molecule has 0 aromatic rings. The lowest BCUT2D eigenvalue weighted by molar-refractivity contribution is 0.139. The van der Waals surface area contributed by atoms with Crippen LogP contribution < -0.4 is 5.32 Å². The van der Waals surface area contributed by atoms with Crippen LogP contribution >= 0.6 is 0 Å². The van der Waals surface area contributed by atoms with E-state index < -0.39 is 0 Å². The minimum atomic E-state index is 0.903. The molecular formula is C13H25N. The highest BCUT2D eigenvalue weighted by Crippen LogP contribution is 2.39. The number of hydrogen-bond donors (Lipinski definition) is 1. The molecule has 1 N–H and O–H groups in total. The molecule has 14 heavy (non-hydrogen) atoms. The molecule has 1 heteroatoms. The lowest BCUT2D eigenvalue weighted by Gasteiger charge is -2.38. The summed E-state index contributed by atoms with van der Waals surface area (Å²) in [4.78, 5) is 0. The highest BCUT2D eigenvalue weighted by molar-refractivity contribution is 4.87. The van der Waals surface area contributed by atoms with Crippen molar-refractivity contribution in [3.05, 3.63) is 0 Å². The van der Waals surface area contributed by atoms with Crippen molar-refractivity contribution in [3.8, 4) is 0 Å². The van der Waals surface area contributed by atoms with Crippen molar-refractivity contribution in [2.45, 2.75) is 58.4 Å². The van der Waals surface area contributed by atoms with Crippen LogP contribution in [0.15, 0.2) is 0 Å². The van der Waals surface area contributed by atoms with E-state index in [9.17, 15) is 0 Å². The molecular weight excluding hydrogens is 170 g/mol. The normalized spacial score (nSPS) is 33.9. The van der Waals surface area contributed by atoms with E-state index in [1.54, 1.807) is 0 Å². The van der Waals surface area contributed by atoms with E-state index in [4.69, 9.17) is 0 Å². The zero-order valence-electron chi connectivity index (χ0n) is 9.76. The van der Waals surface area contributed by atoms with E-state index >= 15 is 0 Å². The third kappa shape index (κ3) is 2.73. The molecule has 0 amide bonds. The van der Waals surface area contributed by atoms with Crippen molar-refractivity contribution < 1.29 is 0 Å². The number of nitrogens with one attached hydrogen (secondary N) is 1. The van der Waals surface area contributed by atoms with Crippen LogP contribution in [-0.4, -0.2) is 12.6 Å². The predicted octanol–water partition coefficient (Wildman–Crippen LogP) is 3.20. The van der Waals surface area contributed by atoms with Crippen molar-refractivity contribution >= 4 is 0 Å². The van der Waals surface area contributed by atoms with Gasteiger partial charge < -0.3 is 5.32 Å². The average molecular weight is 195 g/mol. The molecule has 0 heterocycles. The van der Waals surface area contributed by atoms with Crippen molar-refractivity contribution in [3.63, 3.8) is 0 Å². The first-order valence-electron chi connectivity index (χ1n) is 6.53. The van der Waals surface area contributed by atoms with Crippen LogP contribution in [0.25, 0.3) is 0 Å². The van der Waals surface area contributed by atoms with Gasteiger partial charge in [0.2, 0.25) is 0 Å². The zero-order chi connectivity index (χ0) is 9.97. The first-order chi connectivity index (χ1) is 6.79. The molecule has 0 radical (unpaired) electrons. The standard InChI is InChI=1S/C13H25N/c1-3-10(2)8-11-4-5-12(11)9-14-13-6-7-13/h10-14H,3-9H2,1-2H3. The van der Waals surface area contributed by atoms with Gasteiger partial charge in [-0.15, -0.1) is 0 Å². The van der Waals surface area contributed by atoms with Gasteiger partial charge in [0, 0.05) is 6.04 Å².